The van der Waals surface area contributed by atoms with Crippen molar-refractivity contribution < 1.29 is 28.5 Å². The Morgan fingerprint density at radius 3 is 2.10 bits per heavy atom. The third-order valence-corrected chi connectivity index (χ3v) is 6.15. The van der Waals surface area contributed by atoms with Crippen molar-refractivity contribution in [2.24, 2.45) is 0 Å². The molecule has 1 amide bonds. The van der Waals surface area contributed by atoms with Gasteiger partial charge in [0.05, 0.1) is 33.3 Å². The molecule has 8 nitrogen and oxygen atoms in total. The van der Waals surface area contributed by atoms with Gasteiger partial charge >= 0.3 is 12.1 Å². The summed E-state index contributed by atoms with van der Waals surface area (Å²) in [6, 6.07) is 15.6. The largest absolute Gasteiger partial charge is 0.496 e. The van der Waals surface area contributed by atoms with Crippen LogP contribution in [0.25, 0.3) is 22.3 Å². The number of carbonyl (C=O) groups excluding carboxylic acids is 2. The Balaban J connectivity index is 2.08. The fourth-order valence-corrected chi connectivity index (χ4v) is 4.31. The van der Waals surface area contributed by atoms with Crippen LogP contribution in [0.15, 0.2) is 54.7 Å². The lowest BCUT2D eigenvalue weighted by Gasteiger charge is -2.28. The lowest BCUT2D eigenvalue weighted by Crippen LogP contribution is -2.36. The second-order valence-corrected chi connectivity index (χ2v) is 10.2. The van der Waals surface area contributed by atoms with Gasteiger partial charge in [-0.25, -0.2) is 9.78 Å². The van der Waals surface area contributed by atoms with E-state index >= 15 is 0 Å². The third kappa shape index (κ3) is 7.97. The quantitative estimate of drug-likeness (QED) is 0.247. The highest BCUT2D eigenvalue weighted by Crippen LogP contribution is 2.38. The van der Waals surface area contributed by atoms with Crippen LogP contribution >= 0.6 is 0 Å². The number of esters is 1. The molecule has 0 N–H and O–H groups in total. The van der Waals surface area contributed by atoms with Gasteiger partial charge in [-0.2, -0.15) is 0 Å². The predicted molar refractivity (Wildman–Crippen MR) is 155 cm³/mol. The van der Waals surface area contributed by atoms with Crippen molar-refractivity contribution in [2.45, 2.75) is 60.1 Å². The molecule has 8 heteroatoms. The first-order chi connectivity index (χ1) is 19.1. The lowest BCUT2D eigenvalue weighted by atomic mass is 9.91. The van der Waals surface area contributed by atoms with E-state index in [0.717, 1.165) is 33.4 Å². The predicted octanol–water partition coefficient (Wildman–Crippen LogP) is 6.69. The minimum absolute atomic E-state index is 0.0714. The highest BCUT2D eigenvalue weighted by atomic mass is 16.6. The molecule has 0 saturated carbocycles. The summed E-state index contributed by atoms with van der Waals surface area (Å²) in [5.41, 5.74) is 4.57. The maximum Gasteiger partial charge on any atom is 0.410 e. The van der Waals surface area contributed by atoms with E-state index in [1.165, 1.54) is 0 Å². The number of pyridine rings is 1. The normalized spacial score (nSPS) is 11.1. The number of benzene rings is 2. The molecule has 1 heterocycles. The summed E-state index contributed by atoms with van der Waals surface area (Å²) in [6.07, 6.45) is 1.43. The molecule has 40 heavy (non-hydrogen) atoms. The molecule has 0 radical (unpaired) electrons. The van der Waals surface area contributed by atoms with E-state index in [0.29, 0.717) is 24.8 Å². The van der Waals surface area contributed by atoms with Gasteiger partial charge in [-0.15, -0.1) is 0 Å². The van der Waals surface area contributed by atoms with Gasteiger partial charge in [0.15, 0.2) is 0 Å². The van der Waals surface area contributed by atoms with E-state index in [4.69, 9.17) is 18.9 Å². The summed E-state index contributed by atoms with van der Waals surface area (Å²) < 4.78 is 22.1. The molecule has 0 aliphatic heterocycles. The van der Waals surface area contributed by atoms with E-state index in [2.05, 4.69) is 4.98 Å². The molecule has 3 rings (SSSR count). The maximum atomic E-state index is 13.1. The Morgan fingerprint density at radius 1 is 0.875 bits per heavy atom. The van der Waals surface area contributed by atoms with Gasteiger partial charge in [-0.05, 0) is 75.9 Å². The van der Waals surface area contributed by atoms with Crippen molar-refractivity contribution in [3.05, 3.63) is 65.9 Å². The minimum atomic E-state index is -0.638. The second-order valence-electron chi connectivity index (χ2n) is 10.2. The number of methoxy groups -OCH3 is 1. The average Bonchev–Trinajstić information content (AvgIpc) is 2.92. The minimum Gasteiger partial charge on any atom is -0.496 e. The van der Waals surface area contributed by atoms with Gasteiger partial charge < -0.3 is 23.8 Å². The molecular formula is C32H40N2O6. The first kappa shape index (κ1) is 30.5. The SMILES string of the molecule is CCOC(=O)Cc1ccc(OC)c(-c2ccc(-c3ccc(OCC)nc3)cc2)c1CN(CC)C(=O)OC(C)(C)C. The molecule has 0 atom stereocenters. The average molecular weight is 549 g/mol. The van der Waals surface area contributed by atoms with Crippen LogP contribution in [-0.2, 0) is 27.2 Å². The van der Waals surface area contributed by atoms with Crippen molar-refractivity contribution >= 4 is 12.1 Å². The van der Waals surface area contributed by atoms with E-state index in [9.17, 15) is 9.59 Å². The number of hydrogen-bond acceptors (Lipinski definition) is 7. The summed E-state index contributed by atoms with van der Waals surface area (Å²) in [5, 5.41) is 0. The monoisotopic (exact) mass is 548 g/mol. The number of rotatable bonds is 11. The molecule has 214 valence electrons. The fraction of sp³-hybridized carbons (Fsp3) is 0.406. The Labute approximate surface area is 237 Å². The van der Waals surface area contributed by atoms with Crippen LogP contribution in [0.3, 0.4) is 0 Å². The standard InChI is InChI=1S/C32H40N2O6/c1-8-34(31(36)40-32(4,5)6)21-26-24(19-29(35)39-10-3)15-17-27(37-7)30(26)23-13-11-22(12-14-23)25-16-18-28(33-20-25)38-9-2/h11-18,20H,8-10,19,21H2,1-7H3. The maximum absolute atomic E-state index is 13.1. The van der Waals surface area contributed by atoms with Crippen molar-refractivity contribution in [3.63, 3.8) is 0 Å². The number of nitrogens with zero attached hydrogens (tertiary/aromatic N) is 2. The van der Waals surface area contributed by atoms with Crippen molar-refractivity contribution in [3.8, 4) is 33.9 Å². The molecule has 0 bridgehead atoms. The third-order valence-electron chi connectivity index (χ3n) is 6.15. The van der Waals surface area contributed by atoms with E-state index in [1.54, 1.807) is 25.1 Å². The van der Waals surface area contributed by atoms with Gasteiger partial charge in [0.1, 0.15) is 11.4 Å². The van der Waals surface area contributed by atoms with Gasteiger partial charge in [0.2, 0.25) is 5.88 Å². The first-order valence-corrected chi connectivity index (χ1v) is 13.6. The summed E-state index contributed by atoms with van der Waals surface area (Å²) in [6.45, 7) is 12.6. The Bertz CT molecular complexity index is 1280. The smallest absolute Gasteiger partial charge is 0.410 e. The first-order valence-electron chi connectivity index (χ1n) is 13.6. The molecule has 1 aromatic heterocycles. The van der Waals surface area contributed by atoms with Crippen LogP contribution in [0, 0.1) is 0 Å². The van der Waals surface area contributed by atoms with Crippen molar-refractivity contribution in [1.29, 1.82) is 0 Å². The molecule has 0 aliphatic carbocycles. The molecule has 0 saturated heterocycles. The van der Waals surface area contributed by atoms with Gasteiger partial charge in [-0.3, -0.25) is 4.79 Å². The molecule has 3 aromatic rings. The van der Waals surface area contributed by atoms with Crippen LogP contribution in [0.5, 0.6) is 11.6 Å². The van der Waals surface area contributed by atoms with Crippen LogP contribution < -0.4 is 9.47 Å². The zero-order valence-corrected chi connectivity index (χ0v) is 24.6. The van der Waals surface area contributed by atoms with Crippen molar-refractivity contribution in [2.75, 3.05) is 26.9 Å². The summed E-state index contributed by atoms with van der Waals surface area (Å²) in [7, 11) is 1.61. The van der Waals surface area contributed by atoms with Crippen LogP contribution in [0.4, 0.5) is 4.79 Å². The number of ether oxygens (including phenoxy) is 4. The summed E-state index contributed by atoms with van der Waals surface area (Å²) in [5.74, 6) is 0.887. The number of aromatic nitrogens is 1. The topological polar surface area (TPSA) is 87.2 Å². The zero-order valence-electron chi connectivity index (χ0n) is 24.6. The van der Waals surface area contributed by atoms with E-state index in [1.807, 2.05) is 83.1 Å². The van der Waals surface area contributed by atoms with Gasteiger partial charge in [0.25, 0.3) is 0 Å². The van der Waals surface area contributed by atoms with Gasteiger partial charge in [-0.1, -0.05) is 30.3 Å². The van der Waals surface area contributed by atoms with Crippen LogP contribution in [0.2, 0.25) is 0 Å². The summed E-state index contributed by atoms with van der Waals surface area (Å²) >= 11 is 0. The van der Waals surface area contributed by atoms with Gasteiger partial charge in [0, 0.05) is 29.9 Å². The molecule has 0 aliphatic rings. The van der Waals surface area contributed by atoms with E-state index < -0.39 is 11.7 Å². The molecule has 0 fully saturated rings. The molecule has 2 aromatic carbocycles. The fourth-order valence-electron chi connectivity index (χ4n) is 4.31. The lowest BCUT2D eigenvalue weighted by molar-refractivity contribution is -0.142. The van der Waals surface area contributed by atoms with E-state index in [-0.39, 0.29) is 25.5 Å². The molecule has 0 unspecified atom stereocenters. The number of amides is 1. The second kappa shape index (κ2) is 13.8. The Hall–Kier alpha value is -4.07. The number of carbonyl (C=O) groups is 2. The number of hydrogen-bond donors (Lipinski definition) is 0. The molecular weight excluding hydrogens is 508 g/mol. The highest BCUT2D eigenvalue weighted by Gasteiger charge is 2.25. The Morgan fingerprint density at radius 2 is 1.55 bits per heavy atom. The van der Waals surface area contributed by atoms with Crippen molar-refractivity contribution in [1.82, 2.24) is 9.88 Å². The summed E-state index contributed by atoms with van der Waals surface area (Å²) in [4.78, 5) is 31.6. The van der Waals surface area contributed by atoms with Crippen LogP contribution in [0.1, 0.15) is 52.7 Å². The highest BCUT2D eigenvalue weighted by molar-refractivity contribution is 5.81. The van der Waals surface area contributed by atoms with Crippen LogP contribution in [-0.4, -0.2) is 54.4 Å². The Kier molecular flexibility index (Phi) is 10.5. The zero-order chi connectivity index (χ0) is 29.3. The molecule has 0 spiro atoms.